The van der Waals surface area contributed by atoms with Crippen molar-refractivity contribution in [3.8, 4) is 0 Å². The van der Waals surface area contributed by atoms with Crippen LogP contribution in [-0.2, 0) is 10.2 Å². The molecule has 0 aliphatic rings. The maximum atomic E-state index is 11.5. The Morgan fingerprint density at radius 2 is 2.12 bits per heavy atom. The van der Waals surface area contributed by atoms with Gasteiger partial charge in [-0.25, -0.2) is 9.44 Å². The third-order valence-electron chi connectivity index (χ3n) is 2.30. The Kier molecular flexibility index (Phi) is 5.13. The van der Waals surface area contributed by atoms with Crippen molar-refractivity contribution in [1.82, 2.24) is 14.3 Å². The van der Waals surface area contributed by atoms with Crippen LogP contribution in [0, 0.1) is 0 Å². The second-order valence-corrected chi connectivity index (χ2v) is 5.43. The first kappa shape index (κ1) is 14.2. The van der Waals surface area contributed by atoms with Gasteiger partial charge in [-0.05, 0) is 26.2 Å². The van der Waals surface area contributed by atoms with Crippen molar-refractivity contribution in [2.24, 2.45) is 0 Å². The molecule has 1 rings (SSSR count). The number of hydrogen-bond acceptors (Lipinski definition) is 4. The zero-order chi connectivity index (χ0) is 12.9. The quantitative estimate of drug-likeness (QED) is 0.741. The van der Waals surface area contributed by atoms with Crippen molar-refractivity contribution in [2.75, 3.05) is 27.2 Å². The van der Waals surface area contributed by atoms with Crippen LogP contribution in [-0.4, -0.2) is 40.5 Å². The smallest absolute Gasteiger partial charge is 0.276 e. The van der Waals surface area contributed by atoms with Gasteiger partial charge in [0.15, 0.2) is 0 Å². The fraction of sp³-hybridized carbons (Fsp3) is 0.600. The zero-order valence-corrected chi connectivity index (χ0v) is 11.1. The van der Waals surface area contributed by atoms with E-state index in [-0.39, 0.29) is 12.6 Å². The van der Waals surface area contributed by atoms with E-state index in [1.54, 1.807) is 19.3 Å². The molecule has 0 aliphatic carbocycles. The number of rotatable bonds is 7. The monoisotopic (exact) mass is 261 g/mol. The maximum absolute atomic E-state index is 11.5. The van der Waals surface area contributed by atoms with E-state index in [2.05, 4.69) is 9.44 Å². The molecule has 17 heavy (non-hydrogen) atoms. The summed E-state index contributed by atoms with van der Waals surface area (Å²) >= 11 is 0. The Bertz CT molecular complexity index is 414. The Balaban J connectivity index is 2.64. The molecule has 2 N–H and O–H groups in total. The van der Waals surface area contributed by atoms with Crippen LogP contribution in [0.15, 0.2) is 22.8 Å². The van der Waals surface area contributed by atoms with Gasteiger partial charge in [-0.1, -0.05) is 6.92 Å². The molecule has 0 fully saturated rings. The molecular formula is C10H19N3O3S. The summed E-state index contributed by atoms with van der Waals surface area (Å²) in [6.45, 7) is 2.35. The molecule has 1 unspecified atom stereocenters. The summed E-state index contributed by atoms with van der Waals surface area (Å²) < 4.78 is 33.1. The lowest BCUT2D eigenvalue weighted by Gasteiger charge is -2.22. The summed E-state index contributed by atoms with van der Waals surface area (Å²) in [5.74, 6) is 0.731. The highest BCUT2D eigenvalue weighted by atomic mass is 32.2. The minimum absolute atomic E-state index is 0.126. The van der Waals surface area contributed by atoms with Crippen molar-refractivity contribution >= 4 is 10.2 Å². The molecule has 0 radical (unpaired) electrons. The summed E-state index contributed by atoms with van der Waals surface area (Å²) in [5, 5.41) is 0. The van der Waals surface area contributed by atoms with Crippen molar-refractivity contribution in [1.29, 1.82) is 0 Å². The lowest BCUT2D eigenvalue weighted by atomic mass is 10.2. The van der Waals surface area contributed by atoms with E-state index in [0.717, 1.165) is 5.76 Å². The molecule has 0 saturated heterocycles. The Labute approximate surface area is 102 Å². The van der Waals surface area contributed by atoms with Crippen LogP contribution in [0.1, 0.15) is 18.7 Å². The molecule has 7 heteroatoms. The first-order chi connectivity index (χ1) is 7.96. The highest BCUT2D eigenvalue weighted by molar-refractivity contribution is 7.87. The molecule has 1 heterocycles. The normalized spacial score (nSPS) is 14.1. The molecular weight excluding hydrogens is 242 g/mol. The van der Waals surface area contributed by atoms with Gasteiger partial charge in [0.2, 0.25) is 0 Å². The van der Waals surface area contributed by atoms with Gasteiger partial charge in [0.25, 0.3) is 10.2 Å². The highest BCUT2D eigenvalue weighted by Gasteiger charge is 2.19. The number of nitrogens with one attached hydrogen (secondary N) is 2. The van der Waals surface area contributed by atoms with E-state index >= 15 is 0 Å². The molecule has 1 aromatic rings. The fourth-order valence-corrected chi connectivity index (χ4v) is 2.31. The van der Waals surface area contributed by atoms with Gasteiger partial charge in [0.05, 0.1) is 12.3 Å². The summed E-state index contributed by atoms with van der Waals surface area (Å²) in [6, 6.07) is 3.48. The topological polar surface area (TPSA) is 74.6 Å². The second kappa shape index (κ2) is 6.15. The Morgan fingerprint density at radius 3 is 2.59 bits per heavy atom. The minimum atomic E-state index is -3.42. The van der Waals surface area contributed by atoms with E-state index in [4.69, 9.17) is 4.42 Å². The first-order valence-corrected chi connectivity index (χ1v) is 6.88. The molecule has 0 aromatic carbocycles. The average Bonchev–Trinajstić information content (AvgIpc) is 2.70. The van der Waals surface area contributed by atoms with Gasteiger partial charge >= 0.3 is 0 Å². The van der Waals surface area contributed by atoms with Crippen LogP contribution >= 0.6 is 0 Å². The average molecular weight is 261 g/mol. The maximum Gasteiger partial charge on any atom is 0.276 e. The molecule has 1 aromatic heterocycles. The van der Waals surface area contributed by atoms with Crippen LogP contribution in [0.2, 0.25) is 0 Å². The van der Waals surface area contributed by atoms with Gasteiger partial charge in [-0.2, -0.15) is 8.42 Å². The van der Waals surface area contributed by atoms with Crippen LogP contribution in [0.25, 0.3) is 0 Å². The summed E-state index contributed by atoms with van der Waals surface area (Å²) in [6.07, 6.45) is 1.57. The first-order valence-electron chi connectivity index (χ1n) is 5.40. The van der Waals surface area contributed by atoms with Crippen LogP contribution in [0.4, 0.5) is 0 Å². The van der Waals surface area contributed by atoms with Gasteiger partial charge in [-0.15, -0.1) is 0 Å². The van der Waals surface area contributed by atoms with E-state index < -0.39 is 10.2 Å². The summed E-state index contributed by atoms with van der Waals surface area (Å²) in [5.41, 5.74) is 0. The molecule has 0 spiro atoms. The van der Waals surface area contributed by atoms with Gasteiger partial charge < -0.3 is 4.42 Å². The molecule has 0 saturated carbocycles. The van der Waals surface area contributed by atoms with Crippen LogP contribution in [0.5, 0.6) is 0 Å². The SMILES string of the molecule is CCNS(=O)(=O)NCC(c1ccco1)N(C)C. The molecule has 0 aliphatic heterocycles. The molecule has 0 bridgehead atoms. The fourth-order valence-electron chi connectivity index (χ4n) is 1.45. The van der Waals surface area contributed by atoms with Crippen LogP contribution < -0.4 is 9.44 Å². The third-order valence-corrected chi connectivity index (χ3v) is 3.51. The van der Waals surface area contributed by atoms with Gasteiger partial charge in [0.1, 0.15) is 5.76 Å². The van der Waals surface area contributed by atoms with Crippen LogP contribution in [0.3, 0.4) is 0 Å². The van der Waals surface area contributed by atoms with E-state index in [1.807, 2.05) is 25.1 Å². The molecule has 6 nitrogen and oxygen atoms in total. The van der Waals surface area contributed by atoms with E-state index in [9.17, 15) is 8.42 Å². The lowest BCUT2D eigenvalue weighted by Crippen LogP contribution is -2.40. The lowest BCUT2D eigenvalue weighted by molar-refractivity contribution is 0.259. The number of hydrogen-bond donors (Lipinski definition) is 2. The third kappa shape index (κ3) is 4.47. The van der Waals surface area contributed by atoms with E-state index in [0.29, 0.717) is 6.54 Å². The van der Waals surface area contributed by atoms with E-state index in [1.165, 1.54) is 0 Å². The predicted molar refractivity (Wildman–Crippen MR) is 65.7 cm³/mol. The number of likely N-dealkylation sites (N-methyl/N-ethyl adjacent to an activating group) is 1. The Hall–Kier alpha value is -0.890. The van der Waals surface area contributed by atoms with Crippen molar-refractivity contribution in [3.63, 3.8) is 0 Å². The highest BCUT2D eigenvalue weighted by Crippen LogP contribution is 2.17. The summed E-state index contributed by atoms with van der Waals surface area (Å²) in [7, 11) is 0.320. The van der Waals surface area contributed by atoms with Gasteiger partial charge in [0, 0.05) is 13.1 Å². The van der Waals surface area contributed by atoms with Crippen molar-refractivity contribution in [3.05, 3.63) is 24.2 Å². The molecule has 0 amide bonds. The van der Waals surface area contributed by atoms with Crippen molar-refractivity contribution < 1.29 is 12.8 Å². The Morgan fingerprint density at radius 1 is 1.41 bits per heavy atom. The standard InChI is InChI=1S/C10H19N3O3S/c1-4-11-17(14,15)12-8-9(13(2)3)10-6-5-7-16-10/h5-7,9,11-12H,4,8H2,1-3H3. The minimum Gasteiger partial charge on any atom is -0.468 e. The largest absolute Gasteiger partial charge is 0.468 e. The second-order valence-electron chi connectivity index (χ2n) is 3.84. The number of nitrogens with zero attached hydrogens (tertiary/aromatic N) is 1. The molecule has 1 atom stereocenters. The zero-order valence-electron chi connectivity index (χ0n) is 10.3. The van der Waals surface area contributed by atoms with Gasteiger partial charge in [-0.3, -0.25) is 4.90 Å². The molecule has 98 valence electrons. The summed E-state index contributed by atoms with van der Waals surface area (Å²) in [4.78, 5) is 1.90. The van der Waals surface area contributed by atoms with Crippen molar-refractivity contribution in [2.45, 2.75) is 13.0 Å². The number of furan rings is 1. The predicted octanol–water partition coefficient (Wildman–Crippen LogP) is 0.326.